The molecule has 5 nitrogen and oxygen atoms in total. The van der Waals surface area contributed by atoms with Crippen molar-refractivity contribution >= 4 is 10.0 Å². The molecule has 1 heterocycles. The van der Waals surface area contributed by atoms with Crippen LogP contribution < -0.4 is 5.73 Å². The van der Waals surface area contributed by atoms with Gasteiger partial charge in [0.2, 0.25) is 10.0 Å². The number of benzene rings is 1. The first-order valence-corrected chi connectivity index (χ1v) is 7.95. The topological polar surface area (TPSA) is 72.6 Å². The average molecular weight is 312 g/mol. The molecule has 2 rings (SSSR count). The van der Waals surface area contributed by atoms with E-state index in [4.69, 9.17) is 10.5 Å². The van der Waals surface area contributed by atoms with Gasteiger partial charge in [-0.25, -0.2) is 12.8 Å². The lowest BCUT2D eigenvalue weighted by Gasteiger charge is -2.22. The molecule has 1 atom stereocenters. The number of halogens is 1. The molecule has 0 saturated carbocycles. The summed E-state index contributed by atoms with van der Waals surface area (Å²) in [5.74, 6) is 4.42. The Labute approximate surface area is 123 Å². The molecule has 1 aliphatic heterocycles. The van der Waals surface area contributed by atoms with Gasteiger partial charge < -0.3 is 10.5 Å². The lowest BCUT2D eigenvalue weighted by Crippen LogP contribution is -2.37. The van der Waals surface area contributed by atoms with Crippen LogP contribution in [0.5, 0.6) is 0 Å². The van der Waals surface area contributed by atoms with Crippen molar-refractivity contribution in [3.63, 3.8) is 0 Å². The van der Waals surface area contributed by atoms with Gasteiger partial charge in [0.15, 0.2) is 0 Å². The largest absolute Gasteiger partial charge is 0.380 e. The third-order valence-corrected chi connectivity index (χ3v) is 5.27. The van der Waals surface area contributed by atoms with Gasteiger partial charge in [0.1, 0.15) is 5.82 Å². The van der Waals surface area contributed by atoms with Crippen LogP contribution in [0.25, 0.3) is 0 Å². The highest BCUT2D eigenvalue weighted by Gasteiger charge is 2.31. The summed E-state index contributed by atoms with van der Waals surface area (Å²) in [4.78, 5) is -0.0901. The Hall–Kier alpha value is -1.46. The molecule has 21 heavy (non-hydrogen) atoms. The zero-order valence-corrected chi connectivity index (χ0v) is 12.5. The normalized spacial score (nSPS) is 18.6. The molecule has 0 amide bonds. The molecule has 0 radical (unpaired) electrons. The van der Waals surface area contributed by atoms with Crippen LogP contribution in [0, 0.1) is 17.7 Å². The van der Waals surface area contributed by atoms with Crippen molar-refractivity contribution in [2.75, 3.05) is 26.8 Å². The minimum absolute atomic E-state index is 0.0901. The number of nitrogens with two attached hydrogens (primary N) is 1. The number of nitrogens with zero attached hydrogens (tertiary/aromatic N) is 1. The van der Waals surface area contributed by atoms with E-state index in [1.54, 1.807) is 0 Å². The average Bonchev–Trinajstić information content (AvgIpc) is 2.99. The van der Waals surface area contributed by atoms with E-state index in [-0.39, 0.29) is 23.0 Å². The van der Waals surface area contributed by atoms with E-state index in [2.05, 4.69) is 11.8 Å². The highest BCUT2D eigenvalue weighted by molar-refractivity contribution is 7.89. The second-order valence-electron chi connectivity index (χ2n) is 4.69. The third kappa shape index (κ3) is 3.41. The van der Waals surface area contributed by atoms with Gasteiger partial charge in [-0.05, 0) is 24.6 Å². The Balaban J connectivity index is 2.30. The molecule has 1 aromatic carbocycles. The monoisotopic (exact) mass is 312 g/mol. The molecule has 0 spiro atoms. The van der Waals surface area contributed by atoms with E-state index in [0.717, 1.165) is 6.07 Å². The van der Waals surface area contributed by atoms with E-state index in [1.807, 2.05) is 0 Å². The summed E-state index contributed by atoms with van der Waals surface area (Å²) >= 11 is 0. The van der Waals surface area contributed by atoms with Crippen LogP contribution in [0.2, 0.25) is 0 Å². The van der Waals surface area contributed by atoms with Crippen molar-refractivity contribution in [2.45, 2.75) is 17.4 Å². The van der Waals surface area contributed by atoms with Gasteiger partial charge >= 0.3 is 0 Å². The summed E-state index contributed by atoms with van der Waals surface area (Å²) in [5, 5.41) is 0. The first-order chi connectivity index (χ1) is 9.96. The number of hydrogen-bond acceptors (Lipinski definition) is 4. The van der Waals surface area contributed by atoms with Crippen LogP contribution in [0.3, 0.4) is 0 Å². The van der Waals surface area contributed by atoms with Gasteiger partial charge in [0.05, 0.1) is 29.7 Å². The Morgan fingerprint density at radius 3 is 2.86 bits per heavy atom. The predicted octanol–water partition coefficient (Wildman–Crippen LogP) is 0.545. The summed E-state index contributed by atoms with van der Waals surface area (Å²) in [5.41, 5.74) is 5.36. The van der Waals surface area contributed by atoms with Crippen molar-refractivity contribution in [1.82, 2.24) is 4.31 Å². The molecule has 2 N–H and O–H groups in total. The fourth-order valence-corrected chi connectivity index (χ4v) is 3.46. The zero-order chi connectivity index (χ0) is 15.5. The summed E-state index contributed by atoms with van der Waals surface area (Å²) in [6.07, 6.45) is 0.637. The molecule has 1 aliphatic rings. The summed E-state index contributed by atoms with van der Waals surface area (Å²) < 4.78 is 45.2. The lowest BCUT2D eigenvalue weighted by molar-refractivity contribution is 0.181. The molecule has 0 bridgehead atoms. The molecule has 1 unspecified atom stereocenters. The molecule has 1 fully saturated rings. The lowest BCUT2D eigenvalue weighted by atomic mass is 10.2. The van der Waals surface area contributed by atoms with Crippen LogP contribution in [0.1, 0.15) is 12.0 Å². The maximum Gasteiger partial charge on any atom is 0.243 e. The molecular formula is C14H17FN2O3S. The number of sulfonamides is 1. The molecule has 0 aliphatic carbocycles. The highest BCUT2D eigenvalue weighted by Crippen LogP contribution is 2.22. The van der Waals surface area contributed by atoms with Gasteiger partial charge in [0, 0.05) is 13.7 Å². The van der Waals surface area contributed by atoms with Crippen LogP contribution in [-0.2, 0) is 14.8 Å². The van der Waals surface area contributed by atoms with E-state index in [0.29, 0.717) is 19.6 Å². The van der Waals surface area contributed by atoms with E-state index in [1.165, 1.54) is 23.5 Å². The van der Waals surface area contributed by atoms with E-state index >= 15 is 0 Å². The predicted molar refractivity (Wildman–Crippen MR) is 76.5 cm³/mol. The molecule has 1 saturated heterocycles. The Kier molecular flexibility index (Phi) is 4.96. The van der Waals surface area contributed by atoms with Crippen LogP contribution >= 0.6 is 0 Å². The fraction of sp³-hybridized carbons (Fsp3) is 0.429. The molecule has 7 heteroatoms. The molecule has 1 aromatic rings. The number of likely N-dealkylation sites (N-methyl/N-ethyl adjacent to an activating group) is 1. The van der Waals surface area contributed by atoms with Gasteiger partial charge in [-0.2, -0.15) is 4.31 Å². The van der Waals surface area contributed by atoms with E-state index in [9.17, 15) is 12.8 Å². The number of rotatable bonds is 3. The smallest absolute Gasteiger partial charge is 0.243 e. The van der Waals surface area contributed by atoms with Gasteiger partial charge in [0.25, 0.3) is 0 Å². The van der Waals surface area contributed by atoms with Crippen LogP contribution in [0.4, 0.5) is 4.39 Å². The fourth-order valence-electron chi connectivity index (χ4n) is 2.08. The second kappa shape index (κ2) is 6.54. The van der Waals surface area contributed by atoms with Crippen LogP contribution in [-0.4, -0.2) is 45.6 Å². The number of ether oxygens (including phenoxy) is 1. The molecule has 114 valence electrons. The van der Waals surface area contributed by atoms with Gasteiger partial charge in [-0.3, -0.25) is 0 Å². The zero-order valence-electron chi connectivity index (χ0n) is 11.7. The van der Waals surface area contributed by atoms with Crippen molar-refractivity contribution in [2.24, 2.45) is 5.73 Å². The van der Waals surface area contributed by atoms with Crippen molar-refractivity contribution in [3.8, 4) is 11.8 Å². The highest BCUT2D eigenvalue weighted by atomic mass is 32.2. The molecule has 0 aromatic heterocycles. The summed E-state index contributed by atoms with van der Waals surface area (Å²) in [6.45, 7) is 1.01. The van der Waals surface area contributed by atoms with Crippen molar-refractivity contribution in [3.05, 3.63) is 29.6 Å². The first-order valence-electron chi connectivity index (χ1n) is 6.51. The maximum atomic E-state index is 13.9. The third-order valence-electron chi connectivity index (χ3n) is 3.36. The van der Waals surface area contributed by atoms with Crippen LogP contribution in [0.15, 0.2) is 23.1 Å². The second-order valence-corrected chi connectivity index (χ2v) is 6.68. The minimum Gasteiger partial charge on any atom is -0.380 e. The quantitative estimate of drug-likeness (QED) is 0.827. The van der Waals surface area contributed by atoms with Gasteiger partial charge in [-0.1, -0.05) is 11.8 Å². The van der Waals surface area contributed by atoms with Crippen molar-refractivity contribution < 1.29 is 17.5 Å². The maximum absolute atomic E-state index is 13.9. The summed E-state index contributed by atoms with van der Waals surface area (Å²) in [6, 6.07) is 3.48. The number of hydrogen-bond donors (Lipinski definition) is 1. The minimum atomic E-state index is -3.74. The van der Waals surface area contributed by atoms with E-state index < -0.39 is 15.8 Å². The van der Waals surface area contributed by atoms with Gasteiger partial charge in [-0.15, -0.1) is 0 Å². The first kappa shape index (κ1) is 15.9. The Bertz CT molecular complexity index is 673. The standard InChI is InChI=1S/C14H17FN2O3S/c1-17(12-6-8-20-10-12)21(18,19)13-5-4-11(3-2-7-16)14(15)9-13/h4-5,9,12H,6-8,10,16H2,1H3. The SMILES string of the molecule is CN(C1CCOC1)S(=O)(=O)c1ccc(C#CCN)c(F)c1. The Morgan fingerprint density at radius 2 is 2.29 bits per heavy atom. The molecular weight excluding hydrogens is 295 g/mol. The Morgan fingerprint density at radius 1 is 1.52 bits per heavy atom. The summed E-state index contributed by atoms with van der Waals surface area (Å²) in [7, 11) is -2.26. The van der Waals surface area contributed by atoms with Crippen molar-refractivity contribution in [1.29, 1.82) is 0 Å².